The summed E-state index contributed by atoms with van der Waals surface area (Å²) in [6, 6.07) is 16.6. The quantitative estimate of drug-likeness (QED) is 0.758. The first-order valence-electron chi connectivity index (χ1n) is 9.45. The van der Waals surface area contributed by atoms with E-state index in [0.717, 1.165) is 29.6 Å². The fourth-order valence-electron chi connectivity index (χ4n) is 4.89. The highest BCUT2D eigenvalue weighted by Crippen LogP contribution is 2.43. The molecular weight excluding hydrogens is 341 g/mol. The minimum Gasteiger partial charge on any atom is -0.340 e. The summed E-state index contributed by atoms with van der Waals surface area (Å²) >= 11 is 0. The molecular formula is C22H22FN3O. The number of fused-ring (bicyclic) bond motifs is 2. The van der Waals surface area contributed by atoms with E-state index in [1.165, 1.54) is 6.07 Å². The molecule has 2 aromatic carbocycles. The van der Waals surface area contributed by atoms with Crippen LogP contribution in [0.3, 0.4) is 0 Å². The average molecular weight is 363 g/mol. The number of hydrogen-bond acceptors (Lipinski definition) is 2. The first kappa shape index (κ1) is 16.5. The van der Waals surface area contributed by atoms with Crippen molar-refractivity contribution in [1.29, 1.82) is 0 Å². The van der Waals surface area contributed by atoms with Crippen molar-refractivity contribution in [3.63, 3.8) is 0 Å². The lowest BCUT2D eigenvalue weighted by Crippen LogP contribution is -2.35. The van der Waals surface area contributed by atoms with Crippen LogP contribution < -0.4 is 5.32 Å². The van der Waals surface area contributed by atoms with Gasteiger partial charge in [0.05, 0.1) is 6.04 Å². The van der Waals surface area contributed by atoms with Crippen molar-refractivity contribution in [1.82, 2.24) is 14.8 Å². The van der Waals surface area contributed by atoms with Gasteiger partial charge in [-0.15, -0.1) is 0 Å². The maximum Gasteiger partial charge on any atom is 0.271 e. The summed E-state index contributed by atoms with van der Waals surface area (Å²) in [5.41, 5.74) is 2.62. The predicted octanol–water partition coefficient (Wildman–Crippen LogP) is 3.35. The van der Waals surface area contributed by atoms with Crippen molar-refractivity contribution in [2.24, 2.45) is 18.9 Å². The van der Waals surface area contributed by atoms with Crippen LogP contribution in [0.2, 0.25) is 0 Å². The molecule has 0 aliphatic carbocycles. The van der Waals surface area contributed by atoms with Crippen LogP contribution in [-0.2, 0) is 7.05 Å². The lowest BCUT2D eigenvalue weighted by molar-refractivity contribution is 0.0704. The Kier molecular flexibility index (Phi) is 3.79. The number of para-hydroxylation sites is 1. The minimum atomic E-state index is -0.251. The van der Waals surface area contributed by atoms with E-state index in [0.29, 0.717) is 24.1 Å². The number of nitrogens with one attached hydrogen (secondary N) is 1. The Bertz CT molecular complexity index is 1030. The average Bonchev–Trinajstić information content (AvgIpc) is 3.34. The topological polar surface area (TPSA) is 37.3 Å². The van der Waals surface area contributed by atoms with E-state index in [1.807, 2.05) is 52.9 Å². The molecule has 0 saturated carbocycles. The van der Waals surface area contributed by atoms with Gasteiger partial charge >= 0.3 is 0 Å². The molecule has 2 fully saturated rings. The summed E-state index contributed by atoms with van der Waals surface area (Å²) in [6.45, 7) is 2.49. The fraction of sp³-hybridized carbons (Fsp3) is 0.318. The molecule has 4 nitrogen and oxygen atoms in total. The molecule has 0 spiro atoms. The van der Waals surface area contributed by atoms with E-state index < -0.39 is 0 Å². The van der Waals surface area contributed by atoms with Crippen LogP contribution in [0.1, 0.15) is 22.1 Å². The number of aryl methyl sites for hydroxylation is 1. The number of amides is 1. The number of carbonyl (C=O) groups is 1. The molecule has 3 heterocycles. The van der Waals surface area contributed by atoms with Crippen LogP contribution in [0.15, 0.2) is 54.6 Å². The number of benzene rings is 2. The standard InChI is InChI=1S/C22H22FN3O/c1-25-19-8-3-2-5-14(19)10-20(25)22(27)26-13-16-11-24-12-18(16)21(26)15-6-4-7-17(23)9-15/h2-10,16,18,21,24H,11-13H2,1H3/t16-,18-,21+/m0/s1. The predicted molar refractivity (Wildman–Crippen MR) is 103 cm³/mol. The van der Waals surface area contributed by atoms with Gasteiger partial charge in [0.2, 0.25) is 0 Å². The number of likely N-dealkylation sites (tertiary alicyclic amines) is 1. The third kappa shape index (κ3) is 2.57. The summed E-state index contributed by atoms with van der Waals surface area (Å²) in [6.07, 6.45) is 0. The molecule has 27 heavy (non-hydrogen) atoms. The molecule has 5 heteroatoms. The SMILES string of the molecule is Cn1c(C(=O)N2C[C@@H]3CNC[C@@H]3[C@H]2c2cccc(F)c2)cc2ccccc21. The zero-order valence-electron chi connectivity index (χ0n) is 15.2. The smallest absolute Gasteiger partial charge is 0.271 e. The van der Waals surface area contributed by atoms with Gasteiger partial charge in [-0.25, -0.2) is 4.39 Å². The van der Waals surface area contributed by atoms with Crippen LogP contribution in [0, 0.1) is 17.7 Å². The molecule has 5 rings (SSSR count). The molecule has 0 unspecified atom stereocenters. The van der Waals surface area contributed by atoms with Gasteiger partial charge in [-0.1, -0.05) is 30.3 Å². The van der Waals surface area contributed by atoms with Crippen LogP contribution in [0.4, 0.5) is 4.39 Å². The number of rotatable bonds is 2. The van der Waals surface area contributed by atoms with Gasteiger partial charge in [-0.3, -0.25) is 4.79 Å². The van der Waals surface area contributed by atoms with E-state index in [2.05, 4.69) is 5.32 Å². The second kappa shape index (κ2) is 6.20. The number of carbonyl (C=O) groups excluding carboxylic acids is 1. The van der Waals surface area contributed by atoms with Crippen molar-refractivity contribution in [2.75, 3.05) is 19.6 Å². The Morgan fingerprint density at radius 2 is 1.96 bits per heavy atom. The molecule has 3 atom stereocenters. The second-order valence-corrected chi connectivity index (χ2v) is 7.69. The normalized spacial score (nSPS) is 24.5. The number of halogens is 1. The van der Waals surface area contributed by atoms with Gasteiger partial charge in [0.15, 0.2) is 0 Å². The molecule has 1 aromatic heterocycles. The molecule has 2 aliphatic rings. The van der Waals surface area contributed by atoms with E-state index >= 15 is 0 Å². The molecule has 0 bridgehead atoms. The minimum absolute atomic E-state index is 0.0253. The van der Waals surface area contributed by atoms with E-state index in [4.69, 9.17) is 0 Å². The Labute approximate surface area is 157 Å². The van der Waals surface area contributed by atoms with Gasteiger partial charge in [-0.05, 0) is 35.7 Å². The molecule has 2 saturated heterocycles. The maximum atomic E-state index is 13.9. The molecule has 1 amide bonds. The fourth-order valence-corrected chi connectivity index (χ4v) is 4.89. The lowest BCUT2D eigenvalue weighted by Gasteiger charge is -2.28. The van der Waals surface area contributed by atoms with Gasteiger partial charge in [0, 0.05) is 43.5 Å². The maximum absolute atomic E-state index is 13.9. The number of aromatic nitrogens is 1. The van der Waals surface area contributed by atoms with Crippen molar-refractivity contribution in [3.8, 4) is 0 Å². The second-order valence-electron chi connectivity index (χ2n) is 7.69. The Balaban J connectivity index is 1.57. The first-order chi connectivity index (χ1) is 13.1. The zero-order chi connectivity index (χ0) is 18.5. The van der Waals surface area contributed by atoms with Crippen molar-refractivity contribution in [3.05, 3.63) is 71.7 Å². The van der Waals surface area contributed by atoms with E-state index in [1.54, 1.807) is 12.1 Å². The van der Waals surface area contributed by atoms with Crippen LogP contribution in [-0.4, -0.2) is 35.0 Å². The van der Waals surface area contributed by atoms with Crippen molar-refractivity contribution in [2.45, 2.75) is 6.04 Å². The summed E-state index contributed by atoms with van der Waals surface area (Å²) < 4.78 is 15.9. The van der Waals surface area contributed by atoms with E-state index in [-0.39, 0.29) is 17.8 Å². The van der Waals surface area contributed by atoms with Gasteiger partial charge in [-0.2, -0.15) is 0 Å². The Hall–Kier alpha value is -2.66. The summed E-state index contributed by atoms with van der Waals surface area (Å²) in [5, 5.41) is 4.50. The van der Waals surface area contributed by atoms with E-state index in [9.17, 15) is 9.18 Å². The van der Waals surface area contributed by atoms with Crippen LogP contribution >= 0.6 is 0 Å². The lowest BCUT2D eigenvalue weighted by atomic mass is 9.89. The third-order valence-electron chi connectivity index (χ3n) is 6.19. The summed E-state index contributed by atoms with van der Waals surface area (Å²) in [4.78, 5) is 15.5. The van der Waals surface area contributed by atoms with Crippen molar-refractivity contribution >= 4 is 16.8 Å². The van der Waals surface area contributed by atoms with Gasteiger partial charge in [0.25, 0.3) is 5.91 Å². The zero-order valence-corrected chi connectivity index (χ0v) is 15.2. The molecule has 3 aromatic rings. The van der Waals surface area contributed by atoms with Crippen LogP contribution in [0.25, 0.3) is 10.9 Å². The highest BCUT2D eigenvalue weighted by Gasteiger charge is 2.47. The summed E-state index contributed by atoms with van der Waals surface area (Å²) in [7, 11) is 1.94. The van der Waals surface area contributed by atoms with Gasteiger partial charge < -0.3 is 14.8 Å². The summed E-state index contributed by atoms with van der Waals surface area (Å²) in [5.74, 6) is 0.513. The largest absolute Gasteiger partial charge is 0.340 e. The molecule has 138 valence electrons. The third-order valence-corrected chi connectivity index (χ3v) is 6.19. The van der Waals surface area contributed by atoms with Crippen LogP contribution in [0.5, 0.6) is 0 Å². The number of nitrogens with zero attached hydrogens (tertiary/aromatic N) is 2. The Morgan fingerprint density at radius 3 is 2.78 bits per heavy atom. The first-order valence-corrected chi connectivity index (χ1v) is 9.45. The molecule has 2 aliphatic heterocycles. The highest BCUT2D eigenvalue weighted by atomic mass is 19.1. The highest BCUT2D eigenvalue weighted by molar-refractivity contribution is 5.99. The molecule has 0 radical (unpaired) electrons. The van der Waals surface area contributed by atoms with Crippen molar-refractivity contribution < 1.29 is 9.18 Å². The monoisotopic (exact) mass is 363 g/mol. The Morgan fingerprint density at radius 1 is 1.11 bits per heavy atom. The molecule has 1 N–H and O–H groups in total. The number of hydrogen-bond donors (Lipinski definition) is 1. The van der Waals surface area contributed by atoms with Gasteiger partial charge in [0.1, 0.15) is 11.5 Å².